The van der Waals surface area contributed by atoms with Gasteiger partial charge in [0.1, 0.15) is 0 Å². The van der Waals surface area contributed by atoms with Gasteiger partial charge in [-0.25, -0.2) is 5.43 Å². The van der Waals surface area contributed by atoms with Gasteiger partial charge in [0.2, 0.25) is 0 Å². The van der Waals surface area contributed by atoms with Gasteiger partial charge in [-0.2, -0.15) is 5.10 Å². The van der Waals surface area contributed by atoms with Crippen LogP contribution in [0.15, 0.2) is 35.4 Å². The van der Waals surface area contributed by atoms with Crippen molar-refractivity contribution in [2.24, 2.45) is 5.10 Å². The van der Waals surface area contributed by atoms with E-state index in [1.807, 2.05) is 13.8 Å². The van der Waals surface area contributed by atoms with Gasteiger partial charge in [0, 0.05) is 5.56 Å². The second kappa shape index (κ2) is 9.31. The molecule has 8 heteroatoms. The molecule has 2 aromatic rings. The molecule has 0 aromatic heterocycles. The Hall–Kier alpha value is -2.44. The summed E-state index contributed by atoms with van der Waals surface area (Å²) in [5.74, 6) is 0.444. The summed E-state index contributed by atoms with van der Waals surface area (Å²) >= 11 is 11.7. The van der Waals surface area contributed by atoms with Crippen molar-refractivity contribution in [2.45, 2.75) is 13.8 Å². The number of amides is 1. The van der Waals surface area contributed by atoms with Crippen molar-refractivity contribution in [1.82, 2.24) is 5.43 Å². The van der Waals surface area contributed by atoms with Crippen LogP contribution in [0.25, 0.3) is 0 Å². The Kier molecular flexibility index (Phi) is 7.12. The second-order valence-electron chi connectivity index (χ2n) is 5.06. The second-order valence-corrected chi connectivity index (χ2v) is 5.87. The first-order valence-electron chi connectivity index (χ1n) is 7.87. The number of rotatable bonds is 7. The lowest BCUT2D eigenvalue weighted by Gasteiger charge is -2.11. The zero-order valence-electron chi connectivity index (χ0n) is 14.3. The third-order valence-electron chi connectivity index (χ3n) is 3.22. The van der Waals surface area contributed by atoms with Crippen molar-refractivity contribution in [3.8, 4) is 17.2 Å². The normalized spacial score (nSPS) is 10.8. The number of phenols is 1. The predicted molar refractivity (Wildman–Crippen MR) is 102 cm³/mol. The van der Waals surface area contributed by atoms with Crippen LogP contribution in [-0.2, 0) is 0 Å². The number of aromatic hydroxyl groups is 1. The predicted octanol–water partition coefficient (Wildman–Crippen LogP) is 4.26. The van der Waals surface area contributed by atoms with Gasteiger partial charge in [-0.15, -0.1) is 0 Å². The number of hydrogen-bond acceptors (Lipinski definition) is 5. The lowest BCUT2D eigenvalue weighted by atomic mass is 10.2. The number of halogens is 2. The summed E-state index contributed by atoms with van der Waals surface area (Å²) in [6.45, 7) is 4.66. The van der Waals surface area contributed by atoms with E-state index in [2.05, 4.69) is 10.5 Å². The molecule has 0 bridgehead atoms. The zero-order valence-corrected chi connectivity index (χ0v) is 15.8. The lowest BCUT2D eigenvalue weighted by Crippen LogP contribution is -2.17. The fraction of sp³-hybridized carbons (Fsp3) is 0.222. The molecule has 0 spiro atoms. The molecule has 138 valence electrons. The first kappa shape index (κ1) is 19.9. The largest absolute Gasteiger partial charge is 0.505 e. The summed E-state index contributed by atoms with van der Waals surface area (Å²) in [6.07, 6.45) is 1.37. The highest BCUT2D eigenvalue weighted by molar-refractivity contribution is 6.37. The van der Waals surface area contributed by atoms with Gasteiger partial charge in [-0.1, -0.05) is 23.2 Å². The third kappa shape index (κ3) is 5.03. The molecule has 0 aliphatic rings. The van der Waals surface area contributed by atoms with Gasteiger partial charge in [0.15, 0.2) is 17.2 Å². The molecule has 0 saturated heterocycles. The fourth-order valence-electron chi connectivity index (χ4n) is 2.08. The molecule has 1 amide bonds. The van der Waals surface area contributed by atoms with Crippen LogP contribution >= 0.6 is 23.2 Å². The van der Waals surface area contributed by atoms with Crippen LogP contribution in [-0.4, -0.2) is 30.4 Å². The average molecular weight is 397 g/mol. The first-order valence-corrected chi connectivity index (χ1v) is 8.62. The van der Waals surface area contributed by atoms with Gasteiger partial charge in [-0.05, 0) is 49.7 Å². The van der Waals surface area contributed by atoms with E-state index in [4.69, 9.17) is 32.7 Å². The van der Waals surface area contributed by atoms with Crippen LogP contribution < -0.4 is 14.9 Å². The molecular weight excluding hydrogens is 379 g/mol. The summed E-state index contributed by atoms with van der Waals surface area (Å²) in [5.41, 5.74) is 3.31. The van der Waals surface area contributed by atoms with Crippen molar-refractivity contribution < 1.29 is 19.4 Å². The number of phenolic OH excluding ortho intramolecular Hbond substituents is 1. The summed E-state index contributed by atoms with van der Waals surface area (Å²) in [6, 6.07) is 7.83. The van der Waals surface area contributed by atoms with Crippen LogP contribution in [0.2, 0.25) is 10.0 Å². The van der Waals surface area contributed by atoms with E-state index in [1.165, 1.54) is 18.3 Å². The summed E-state index contributed by atoms with van der Waals surface area (Å²) < 4.78 is 11.0. The van der Waals surface area contributed by atoms with Crippen LogP contribution in [0.4, 0.5) is 0 Å². The van der Waals surface area contributed by atoms with Crippen molar-refractivity contribution >= 4 is 35.3 Å². The number of nitrogens with one attached hydrogen (secondary N) is 1. The number of benzene rings is 2. The number of hydrazone groups is 1. The summed E-state index contributed by atoms with van der Waals surface area (Å²) in [5, 5.41) is 13.6. The lowest BCUT2D eigenvalue weighted by molar-refractivity contribution is 0.0954. The quantitative estimate of drug-likeness (QED) is 0.541. The molecule has 0 radical (unpaired) electrons. The van der Waals surface area contributed by atoms with Crippen molar-refractivity contribution in [3.63, 3.8) is 0 Å². The number of carbonyl (C=O) groups is 1. The molecule has 2 N–H and O–H groups in total. The molecule has 2 aromatic carbocycles. The third-order valence-corrected chi connectivity index (χ3v) is 3.80. The molecular formula is C18H18Cl2N2O4. The van der Waals surface area contributed by atoms with Crippen LogP contribution in [0.5, 0.6) is 17.2 Å². The van der Waals surface area contributed by atoms with E-state index in [1.54, 1.807) is 18.2 Å². The minimum atomic E-state index is -0.416. The minimum absolute atomic E-state index is 0.0955. The van der Waals surface area contributed by atoms with E-state index < -0.39 is 5.91 Å². The monoisotopic (exact) mass is 396 g/mol. The van der Waals surface area contributed by atoms with Crippen molar-refractivity contribution in [2.75, 3.05) is 13.2 Å². The molecule has 26 heavy (non-hydrogen) atoms. The maximum absolute atomic E-state index is 12.2. The highest BCUT2D eigenvalue weighted by atomic mass is 35.5. The smallest absolute Gasteiger partial charge is 0.271 e. The van der Waals surface area contributed by atoms with Gasteiger partial charge in [-0.3, -0.25) is 4.79 Å². The number of nitrogens with zero attached hydrogens (tertiary/aromatic N) is 1. The number of hydrogen-bond donors (Lipinski definition) is 2. The highest BCUT2D eigenvalue weighted by Gasteiger charge is 2.11. The van der Waals surface area contributed by atoms with E-state index >= 15 is 0 Å². The molecule has 0 heterocycles. The Morgan fingerprint density at radius 1 is 1.12 bits per heavy atom. The molecule has 0 unspecified atom stereocenters. The van der Waals surface area contributed by atoms with Crippen LogP contribution in [0.1, 0.15) is 29.8 Å². The topological polar surface area (TPSA) is 80.2 Å². The Labute approximate surface area is 161 Å². The van der Waals surface area contributed by atoms with E-state index in [-0.39, 0.29) is 15.8 Å². The van der Waals surface area contributed by atoms with E-state index in [0.29, 0.717) is 35.8 Å². The average Bonchev–Trinajstić information content (AvgIpc) is 2.61. The van der Waals surface area contributed by atoms with Crippen LogP contribution in [0, 0.1) is 0 Å². The maximum Gasteiger partial charge on any atom is 0.271 e. The Balaban J connectivity index is 2.11. The number of carbonyl (C=O) groups excluding carboxylic acids is 1. The Morgan fingerprint density at radius 2 is 1.73 bits per heavy atom. The maximum atomic E-state index is 12.2. The summed E-state index contributed by atoms with van der Waals surface area (Å²) in [4.78, 5) is 12.2. The van der Waals surface area contributed by atoms with Crippen molar-refractivity contribution in [3.05, 3.63) is 51.5 Å². The molecule has 0 saturated carbocycles. The van der Waals surface area contributed by atoms with Crippen molar-refractivity contribution in [1.29, 1.82) is 0 Å². The van der Waals surface area contributed by atoms with Gasteiger partial charge < -0.3 is 14.6 Å². The standard InChI is InChI=1S/C18H18Cl2N2O4/c1-3-25-15-6-5-12(9-16(15)26-4-2)18(24)22-21-10-11-7-13(19)17(23)14(20)8-11/h5-10,23H,3-4H2,1-2H3,(H,22,24)/b21-10+. The van der Waals surface area contributed by atoms with Gasteiger partial charge >= 0.3 is 0 Å². The SMILES string of the molecule is CCOc1ccc(C(=O)N/N=C/c2cc(Cl)c(O)c(Cl)c2)cc1OCC. The number of ether oxygens (including phenoxy) is 2. The summed E-state index contributed by atoms with van der Waals surface area (Å²) in [7, 11) is 0. The Morgan fingerprint density at radius 3 is 2.35 bits per heavy atom. The minimum Gasteiger partial charge on any atom is -0.505 e. The molecule has 2 rings (SSSR count). The first-order chi connectivity index (χ1) is 12.5. The van der Waals surface area contributed by atoms with E-state index in [9.17, 15) is 9.90 Å². The fourth-order valence-corrected chi connectivity index (χ4v) is 2.59. The Bertz CT molecular complexity index is 802. The van der Waals surface area contributed by atoms with Gasteiger partial charge in [0.05, 0.1) is 29.5 Å². The van der Waals surface area contributed by atoms with Crippen LogP contribution in [0.3, 0.4) is 0 Å². The molecule has 6 nitrogen and oxygen atoms in total. The molecule has 0 fully saturated rings. The zero-order chi connectivity index (χ0) is 19.1. The van der Waals surface area contributed by atoms with E-state index in [0.717, 1.165) is 0 Å². The van der Waals surface area contributed by atoms with Gasteiger partial charge in [0.25, 0.3) is 5.91 Å². The highest BCUT2D eigenvalue weighted by Crippen LogP contribution is 2.32. The molecule has 0 aliphatic heterocycles. The molecule has 0 aliphatic carbocycles. The molecule has 0 atom stereocenters.